The van der Waals surface area contributed by atoms with Crippen molar-refractivity contribution < 1.29 is 24.1 Å². The lowest BCUT2D eigenvalue weighted by Gasteiger charge is -2.14. The Hall–Kier alpha value is -3.50. The van der Waals surface area contributed by atoms with Crippen LogP contribution < -0.4 is 10.6 Å². The van der Waals surface area contributed by atoms with Crippen LogP contribution in [0.2, 0.25) is 0 Å². The van der Waals surface area contributed by atoms with Crippen molar-refractivity contribution in [2.45, 2.75) is 0 Å². The van der Waals surface area contributed by atoms with Gasteiger partial charge in [-0.15, -0.1) is 0 Å². The van der Waals surface area contributed by atoms with Crippen molar-refractivity contribution in [3.8, 4) is 0 Å². The Labute approximate surface area is 148 Å². The molecule has 0 atom stereocenters. The van der Waals surface area contributed by atoms with E-state index in [1.165, 1.54) is 11.0 Å². The molecule has 2 N–H and O–H groups in total. The number of nitro benzene ring substituents is 1. The molecule has 0 unspecified atom stereocenters. The van der Waals surface area contributed by atoms with E-state index >= 15 is 0 Å². The molecule has 1 aliphatic rings. The van der Waals surface area contributed by atoms with Crippen molar-refractivity contribution in [1.29, 1.82) is 0 Å². The number of benzene rings is 1. The monoisotopic (exact) mass is 363 g/mol. The van der Waals surface area contributed by atoms with Gasteiger partial charge in [-0.05, 0) is 6.07 Å². The largest absolute Gasteiger partial charge is 0.353 e. The Balaban J connectivity index is 1.93. The van der Waals surface area contributed by atoms with Gasteiger partial charge in [0.1, 0.15) is 6.54 Å². The molecule has 138 valence electrons. The molecule has 26 heavy (non-hydrogen) atoms. The molecule has 1 aromatic carbocycles. The van der Waals surface area contributed by atoms with Crippen molar-refractivity contribution in [3.63, 3.8) is 0 Å². The Morgan fingerprint density at radius 2 is 1.73 bits per heavy atom. The second-order valence-electron chi connectivity index (χ2n) is 5.66. The highest BCUT2D eigenvalue weighted by Crippen LogP contribution is 2.26. The lowest BCUT2D eigenvalue weighted by molar-refractivity contribution is -0.384. The Bertz CT molecular complexity index is 791. The van der Waals surface area contributed by atoms with Gasteiger partial charge in [-0.3, -0.25) is 29.4 Å². The molecule has 0 saturated heterocycles. The molecule has 2 rings (SSSR count). The SMILES string of the molecule is CN(C)C(=O)NCCNC(=O)CN1C(=O)c2ccc([N+](=O)[O-])cc2C1=O. The van der Waals surface area contributed by atoms with Crippen LogP contribution in [0, 0.1) is 10.1 Å². The van der Waals surface area contributed by atoms with Crippen molar-refractivity contribution >= 4 is 29.4 Å². The fourth-order valence-electron chi connectivity index (χ4n) is 2.26. The van der Waals surface area contributed by atoms with E-state index in [0.717, 1.165) is 17.0 Å². The van der Waals surface area contributed by atoms with E-state index in [4.69, 9.17) is 0 Å². The third kappa shape index (κ3) is 3.94. The molecule has 0 aliphatic carbocycles. The van der Waals surface area contributed by atoms with Crippen molar-refractivity contribution in [2.24, 2.45) is 0 Å². The van der Waals surface area contributed by atoms with E-state index in [1.54, 1.807) is 14.1 Å². The standard InChI is InChI=1S/C15H17N5O6/c1-18(2)15(24)17-6-5-16-12(21)8-19-13(22)10-4-3-9(20(25)26)7-11(10)14(19)23/h3-4,7H,5-6,8H2,1-2H3,(H,16,21)(H,17,24). The molecule has 11 heteroatoms. The highest BCUT2D eigenvalue weighted by Gasteiger charge is 2.37. The summed E-state index contributed by atoms with van der Waals surface area (Å²) in [5, 5.41) is 15.8. The first-order chi connectivity index (χ1) is 12.2. The van der Waals surface area contributed by atoms with Gasteiger partial charge in [-0.2, -0.15) is 0 Å². The lowest BCUT2D eigenvalue weighted by atomic mass is 10.1. The molecule has 11 nitrogen and oxygen atoms in total. The topological polar surface area (TPSA) is 142 Å². The molecule has 0 bridgehead atoms. The first-order valence-electron chi connectivity index (χ1n) is 7.59. The highest BCUT2D eigenvalue weighted by atomic mass is 16.6. The second-order valence-corrected chi connectivity index (χ2v) is 5.66. The number of hydrogen-bond acceptors (Lipinski definition) is 6. The maximum Gasteiger partial charge on any atom is 0.316 e. The van der Waals surface area contributed by atoms with Crippen LogP contribution in [0.5, 0.6) is 0 Å². The van der Waals surface area contributed by atoms with Gasteiger partial charge < -0.3 is 15.5 Å². The smallest absolute Gasteiger partial charge is 0.316 e. The summed E-state index contributed by atoms with van der Waals surface area (Å²) in [5.74, 6) is -2.03. The number of carbonyl (C=O) groups excluding carboxylic acids is 4. The van der Waals surface area contributed by atoms with Crippen LogP contribution in [0.3, 0.4) is 0 Å². The first kappa shape index (κ1) is 18.8. The zero-order chi connectivity index (χ0) is 19.4. The number of fused-ring (bicyclic) bond motifs is 1. The lowest BCUT2D eigenvalue weighted by Crippen LogP contribution is -2.43. The van der Waals surface area contributed by atoms with E-state index in [2.05, 4.69) is 10.6 Å². The minimum Gasteiger partial charge on any atom is -0.353 e. The van der Waals surface area contributed by atoms with Gasteiger partial charge in [-0.25, -0.2) is 4.79 Å². The molecule has 5 amide bonds. The highest BCUT2D eigenvalue weighted by molar-refractivity contribution is 6.22. The first-order valence-corrected chi connectivity index (χ1v) is 7.59. The van der Waals surface area contributed by atoms with Crippen molar-refractivity contribution in [2.75, 3.05) is 33.7 Å². The number of hydrogen-bond donors (Lipinski definition) is 2. The molecule has 1 aliphatic heterocycles. The number of imide groups is 1. The number of non-ortho nitro benzene ring substituents is 1. The number of amides is 5. The number of nitro groups is 1. The molecule has 0 saturated carbocycles. The van der Waals surface area contributed by atoms with E-state index in [0.29, 0.717) is 0 Å². The van der Waals surface area contributed by atoms with Gasteiger partial charge in [0.05, 0.1) is 16.1 Å². The van der Waals surface area contributed by atoms with Gasteiger partial charge in [0.2, 0.25) is 5.91 Å². The molecule has 0 aromatic heterocycles. The molecular weight excluding hydrogens is 346 g/mol. The van der Waals surface area contributed by atoms with Crippen LogP contribution in [0.15, 0.2) is 18.2 Å². The van der Waals surface area contributed by atoms with Crippen LogP contribution in [-0.4, -0.2) is 72.2 Å². The molecule has 0 radical (unpaired) electrons. The second kappa shape index (κ2) is 7.59. The summed E-state index contributed by atoms with van der Waals surface area (Å²) in [7, 11) is 3.14. The van der Waals surface area contributed by atoms with Crippen LogP contribution in [-0.2, 0) is 4.79 Å². The average Bonchev–Trinajstić information content (AvgIpc) is 2.82. The zero-order valence-corrected chi connectivity index (χ0v) is 14.1. The summed E-state index contributed by atoms with van der Waals surface area (Å²) in [5.41, 5.74) is -0.394. The van der Waals surface area contributed by atoms with Crippen LogP contribution in [0.1, 0.15) is 20.7 Å². The fourth-order valence-corrected chi connectivity index (χ4v) is 2.26. The fraction of sp³-hybridized carbons (Fsp3) is 0.333. The third-order valence-electron chi connectivity index (χ3n) is 3.60. The van der Waals surface area contributed by atoms with E-state index in [-0.39, 0.29) is 35.9 Å². The predicted molar refractivity (Wildman–Crippen MR) is 88.6 cm³/mol. The number of urea groups is 1. The average molecular weight is 363 g/mol. The van der Waals surface area contributed by atoms with Gasteiger partial charge in [-0.1, -0.05) is 0 Å². The number of nitrogens with one attached hydrogen (secondary N) is 2. The molecule has 0 spiro atoms. The Morgan fingerprint density at radius 1 is 1.12 bits per heavy atom. The summed E-state index contributed by atoms with van der Waals surface area (Å²) in [4.78, 5) is 59.8. The molecule has 1 aromatic rings. The summed E-state index contributed by atoms with van der Waals surface area (Å²) in [6.07, 6.45) is 0. The summed E-state index contributed by atoms with van der Waals surface area (Å²) in [6, 6.07) is 3.02. The van der Waals surface area contributed by atoms with Gasteiger partial charge in [0, 0.05) is 39.3 Å². The molecular formula is C15H17N5O6. The van der Waals surface area contributed by atoms with E-state index < -0.39 is 29.2 Å². The Kier molecular flexibility index (Phi) is 5.50. The zero-order valence-electron chi connectivity index (χ0n) is 14.1. The summed E-state index contributed by atoms with van der Waals surface area (Å²) < 4.78 is 0. The number of carbonyl (C=O) groups is 4. The van der Waals surface area contributed by atoms with Crippen molar-refractivity contribution in [3.05, 3.63) is 39.4 Å². The maximum atomic E-state index is 12.3. The quantitative estimate of drug-likeness (QED) is 0.304. The van der Waals surface area contributed by atoms with Gasteiger partial charge in [0.15, 0.2) is 0 Å². The minimum absolute atomic E-state index is 0.0200. The van der Waals surface area contributed by atoms with Crippen LogP contribution >= 0.6 is 0 Å². The number of nitrogens with zero attached hydrogens (tertiary/aromatic N) is 3. The van der Waals surface area contributed by atoms with Crippen LogP contribution in [0.4, 0.5) is 10.5 Å². The van der Waals surface area contributed by atoms with Gasteiger partial charge >= 0.3 is 6.03 Å². The molecule has 1 heterocycles. The van der Waals surface area contributed by atoms with E-state index in [9.17, 15) is 29.3 Å². The number of rotatable bonds is 6. The maximum absolute atomic E-state index is 12.3. The summed E-state index contributed by atoms with van der Waals surface area (Å²) >= 11 is 0. The normalized spacial score (nSPS) is 12.6. The molecule has 0 fully saturated rings. The minimum atomic E-state index is -0.759. The predicted octanol–water partition coefficient (Wildman–Crippen LogP) is -0.422. The van der Waals surface area contributed by atoms with Crippen molar-refractivity contribution in [1.82, 2.24) is 20.4 Å². The van der Waals surface area contributed by atoms with E-state index in [1.807, 2.05) is 0 Å². The Morgan fingerprint density at radius 3 is 2.35 bits per heavy atom. The van der Waals surface area contributed by atoms with Gasteiger partial charge in [0.25, 0.3) is 17.5 Å². The summed E-state index contributed by atoms with van der Waals surface area (Å²) in [6.45, 7) is -0.216. The van der Waals surface area contributed by atoms with Crippen LogP contribution in [0.25, 0.3) is 0 Å². The third-order valence-corrected chi connectivity index (χ3v) is 3.60.